The van der Waals surface area contributed by atoms with Crippen LogP contribution in [0.25, 0.3) is 10.9 Å². The first-order valence-electron chi connectivity index (χ1n) is 7.33. The lowest BCUT2D eigenvalue weighted by Crippen LogP contribution is -2.34. The maximum absolute atomic E-state index is 12.8. The minimum Gasteiger partial charge on any atom is -0.332 e. The van der Waals surface area contributed by atoms with Crippen LogP contribution in [0.15, 0.2) is 29.1 Å². The van der Waals surface area contributed by atoms with Gasteiger partial charge in [-0.25, -0.2) is 0 Å². The first kappa shape index (κ1) is 13.6. The summed E-state index contributed by atoms with van der Waals surface area (Å²) >= 11 is 5.45. The molecule has 3 rings (SSSR count). The van der Waals surface area contributed by atoms with Crippen molar-refractivity contribution >= 4 is 23.1 Å². The minimum absolute atomic E-state index is 0.0512. The standard InChI is InChI=1S/C16H20N2OS/c1-10-6-5-9-14(11(10)2)18-15(19)12-7-3-4-8-13(12)17-16(18)20/h3-4,7-8,10-11,14H,5-6,9H2,1-2H3,(H,17,20)/t10-,11-,14+/m1/s1. The van der Waals surface area contributed by atoms with E-state index in [4.69, 9.17) is 12.2 Å². The van der Waals surface area contributed by atoms with Gasteiger partial charge in [-0.2, -0.15) is 0 Å². The van der Waals surface area contributed by atoms with Gasteiger partial charge < -0.3 is 4.98 Å². The van der Waals surface area contributed by atoms with E-state index in [1.165, 1.54) is 12.8 Å². The molecule has 0 amide bonds. The van der Waals surface area contributed by atoms with Gasteiger partial charge in [-0.3, -0.25) is 9.36 Å². The van der Waals surface area contributed by atoms with Crippen LogP contribution >= 0.6 is 12.2 Å². The van der Waals surface area contributed by atoms with E-state index in [-0.39, 0.29) is 11.6 Å². The van der Waals surface area contributed by atoms with Crippen LogP contribution in [0.2, 0.25) is 0 Å². The normalized spacial score (nSPS) is 26.8. The van der Waals surface area contributed by atoms with Crippen LogP contribution in [0, 0.1) is 16.6 Å². The summed E-state index contributed by atoms with van der Waals surface area (Å²) in [5, 5.41) is 0.728. The highest BCUT2D eigenvalue weighted by Crippen LogP contribution is 2.37. The third-order valence-corrected chi connectivity index (χ3v) is 5.13. The fraction of sp³-hybridized carbons (Fsp3) is 0.500. The molecule has 0 spiro atoms. The molecule has 0 radical (unpaired) electrons. The maximum atomic E-state index is 12.8. The molecule has 4 heteroatoms. The SMILES string of the molecule is C[C@@H]1[C@H](C)CCC[C@@H]1n1c(=S)[nH]c2ccccc2c1=O. The lowest BCUT2D eigenvalue weighted by molar-refractivity contribution is 0.181. The molecule has 1 saturated carbocycles. The number of aromatic amines is 1. The molecule has 0 aliphatic heterocycles. The van der Waals surface area contributed by atoms with Crippen molar-refractivity contribution in [3.05, 3.63) is 39.4 Å². The van der Waals surface area contributed by atoms with Gasteiger partial charge in [0.1, 0.15) is 0 Å². The molecular weight excluding hydrogens is 268 g/mol. The summed E-state index contributed by atoms with van der Waals surface area (Å²) in [6.45, 7) is 4.51. The van der Waals surface area contributed by atoms with Crippen LogP contribution < -0.4 is 5.56 Å². The average Bonchev–Trinajstić information content (AvgIpc) is 2.43. The Labute approximate surface area is 123 Å². The van der Waals surface area contributed by atoms with E-state index >= 15 is 0 Å². The van der Waals surface area contributed by atoms with E-state index in [9.17, 15) is 4.79 Å². The first-order chi connectivity index (χ1) is 9.59. The largest absolute Gasteiger partial charge is 0.332 e. The average molecular weight is 288 g/mol. The Morgan fingerprint density at radius 2 is 2.00 bits per heavy atom. The number of rotatable bonds is 1. The van der Waals surface area contributed by atoms with E-state index in [0.717, 1.165) is 17.3 Å². The molecule has 0 saturated heterocycles. The molecule has 1 N–H and O–H groups in total. The molecule has 3 nitrogen and oxygen atoms in total. The van der Waals surface area contributed by atoms with Crippen LogP contribution in [-0.2, 0) is 0 Å². The van der Waals surface area contributed by atoms with Crippen LogP contribution in [0.1, 0.15) is 39.2 Å². The Morgan fingerprint density at radius 3 is 2.80 bits per heavy atom. The second-order valence-electron chi connectivity index (χ2n) is 5.99. The summed E-state index contributed by atoms with van der Waals surface area (Å²) in [6, 6.07) is 7.82. The van der Waals surface area contributed by atoms with Gasteiger partial charge in [0.15, 0.2) is 4.77 Å². The van der Waals surface area contributed by atoms with Gasteiger partial charge in [-0.1, -0.05) is 38.8 Å². The Morgan fingerprint density at radius 1 is 1.25 bits per heavy atom. The lowest BCUT2D eigenvalue weighted by Gasteiger charge is -2.35. The van der Waals surface area contributed by atoms with Crippen molar-refractivity contribution in [2.24, 2.45) is 11.8 Å². The molecule has 1 aromatic carbocycles. The summed E-state index contributed by atoms with van der Waals surface area (Å²) < 4.78 is 2.37. The van der Waals surface area contributed by atoms with E-state index < -0.39 is 0 Å². The fourth-order valence-corrected chi connectivity index (χ4v) is 3.72. The lowest BCUT2D eigenvalue weighted by atomic mass is 9.78. The molecule has 1 aromatic heterocycles. The van der Waals surface area contributed by atoms with Gasteiger partial charge in [0.05, 0.1) is 10.9 Å². The van der Waals surface area contributed by atoms with Crippen LogP contribution in [0.4, 0.5) is 0 Å². The maximum Gasteiger partial charge on any atom is 0.262 e. The number of H-pyrrole nitrogens is 1. The van der Waals surface area contributed by atoms with Gasteiger partial charge in [0, 0.05) is 6.04 Å². The van der Waals surface area contributed by atoms with Gasteiger partial charge in [-0.05, 0) is 42.6 Å². The summed E-state index contributed by atoms with van der Waals surface area (Å²) in [4.78, 5) is 16.0. The quantitative estimate of drug-likeness (QED) is 0.804. The highest BCUT2D eigenvalue weighted by atomic mass is 32.1. The predicted molar refractivity (Wildman–Crippen MR) is 84.6 cm³/mol. The van der Waals surface area contributed by atoms with E-state index in [0.29, 0.717) is 16.6 Å². The topological polar surface area (TPSA) is 37.8 Å². The number of hydrogen-bond donors (Lipinski definition) is 1. The summed E-state index contributed by atoms with van der Waals surface area (Å²) in [6.07, 6.45) is 3.46. The zero-order valence-corrected chi connectivity index (χ0v) is 12.7. The summed E-state index contributed by atoms with van der Waals surface area (Å²) in [5.74, 6) is 1.12. The van der Waals surface area contributed by atoms with Gasteiger partial charge >= 0.3 is 0 Å². The predicted octanol–water partition coefficient (Wildman–Crippen LogP) is 4.06. The molecule has 1 aliphatic rings. The second kappa shape index (κ2) is 5.17. The van der Waals surface area contributed by atoms with E-state index in [2.05, 4.69) is 18.8 Å². The Bertz CT molecular complexity index is 746. The van der Waals surface area contributed by atoms with Crippen molar-refractivity contribution in [2.45, 2.75) is 39.2 Å². The molecule has 0 unspecified atom stereocenters. The zero-order valence-electron chi connectivity index (χ0n) is 11.9. The number of nitrogens with one attached hydrogen (secondary N) is 1. The Kier molecular flexibility index (Phi) is 3.50. The van der Waals surface area contributed by atoms with Crippen molar-refractivity contribution in [1.29, 1.82) is 0 Å². The number of nitrogens with zero attached hydrogens (tertiary/aromatic N) is 1. The van der Waals surface area contributed by atoms with Gasteiger partial charge in [0.2, 0.25) is 0 Å². The van der Waals surface area contributed by atoms with Gasteiger partial charge in [0.25, 0.3) is 5.56 Å². The third-order valence-electron chi connectivity index (χ3n) is 4.83. The molecule has 3 atom stereocenters. The number of fused-ring (bicyclic) bond motifs is 1. The second-order valence-corrected chi connectivity index (χ2v) is 6.37. The van der Waals surface area contributed by atoms with Crippen molar-refractivity contribution < 1.29 is 0 Å². The summed E-state index contributed by atoms with van der Waals surface area (Å²) in [7, 11) is 0. The molecule has 2 aromatic rings. The third kappa shape index (κ3) is 2.12. The smallest absolute Gasteiger partial charge is 0.262 e. The van der Waals surface area contributed by atoms with E-state index in [1.807, 2.05) is 28.8 Å². The molecule has 0 bridgehead atoms. The number of para-hydroxylation sites is 1. The minimum atomic E-state index is 0.0512. The Hall–Kier alpha value is -1.42. The fourth-order valence-electron chi connectivity index (χ4n) is 3.40. The molecule has 20 heavy (non-hydrogen) atoms. The van der Waals surface area contributed by atoms with Crippen LogP contribution in [-0.4, -0.2) is 9.55 Å². The van der Waals surface area contributed by atoms with Crippen molar-refractivity contribution in [2.75, 3.05) is 0 Å². The molecule has 106 valence electrons. The molecule has 1 aliphatic carbocycles. The number of aromatic nitrogens is 2. The monoisotopic (exact) mass is 288 g/mol. The van der Waals surface area contributed by atoms with Crippen LogP contribution in [0.5, 0.6) is 0 Å². The Balaban J connectivity index is 2.21. The summed E-state index contributed by atoms with van der Waals surface area (Å²) in [5.41, 5.74) is 0.880. The molecule has 1 heterocycles. The van der Waals surface area contributed by atoms with Gasteiger partial charge in [-0.15, -0.1) is 0 Å². The molecular formula is C16H20N2OS. The zero-order chi connectivity index (χ0) is 14.3. The van der Waals surface area contributed by atoms with Crippen LogP contribution in [0.3, 0.4) is 0 Å². The van der Waals surface area contributed by atoms with E-state index in [1.54, 1.807) is 0 Å². The number of hydrogen-bond acceptors (Lipinski definition) is 2. The highest BCUT2D eigenvalue weighted by Gasteiger charge is 2.29. The highest BCUT2D eigenvalue weighted by molar-refractivity contribution is 7.71. The van der Waals surface area contributed by atoms with Crippen molar-refractivity contribution in [3.8, 4) is 0 Å². The first-order valence-corrected chi connectivity index (χ1v) is 7.74. The number of benzene rings is 1. The molecule has 1 fully saturated rings. The van der Waals surface area contributed by atoms with Crippen molar-refractivity contribution in [1.82, 2.24) is 9.55 Å². The van der Waals surface area contributed by atoms with Crippen molar-refractivity contribution in [3.63, 3.8) is 0 Å².